The zero-order valence-electron chi connectivity index (χ0n) is 18.5. The van der Waals surface area contributed by atoms with Gasteiger partial charge in [0.2, 0.25) is 5.91 Å². The largest absolute Gasteiger partial charge is 0.372 e. The van der Waals surface area contributed by atoms with Gasteiger partial charge in [0.1, 0.15) is 10.7 Å². The van der Waals surface area contributed by atoms with E-state index in [4.69, 9.17) is 0 Å². The van der Waals surface area contributed by atoms with Gasteiger partial charge in [-0.1, -0.05) is 18.2 Å². The molecule has 0 radical (unpaired) electrons. The van der Waals surface area contributed by atoms with Gasteiger partial charge in [0.15, 0.2) is 0 Å². The Kier molecular flexibility index (Phi) is 8.15. The molecule has 166 valence electrons. The molecule has 0 bridgehead atoms. The lowest BCUT2D eigenvalue weighted by Gasteiger charge is -2.23. The average molecular weight is 459 g/mol. The fourth-order valence-corrected chi connectivity index (χ4v) is 5.21. The summed E-state index contributed by atoms with van der Waals surface area (Å²) in [7, 11) is 0. The SMILES string of the molecule is CCN(CCCNC(=O)C(C)SCc1nc2sc(C)c(C)c2c(=O)[nH]1)c1ccccc1. The van der Waals surface area contributed by atoms with Gasteiger partial charge in [0.05, 0.1) is 16.4 Å². The number of thiophene rings is 1. The quantitative estimate of drug-likeness (QED) is 0.444. The molecule has 31 heavy (non-hydrogen) atoms. The van der Waals surface area contributed by atoms with E-state index in [1.54, 1.807) is 11.3 Å². The molecule has 0 saturated carbocycles. The summed E-state index contributed by atoms with van der Waals surface area (Å²) in [6.07, 6.45) is 0.883. The minimum Gasteiger partial charge on any atom is -0.372 e. The van der Waals surface area contributed by atoms with Crippen LogP contribution in [0.15, 0.2) is 35.1 Å². The summed E-state index contributed by atoms with van der Waals surface area (Å²) in [6.45, 7) is 10.4. The van der Waals surface area contributed by atoms with Gasteiger partial charge >= 0.3 is 0 Å². The van der Waals surface area contributed by atoms with Crippen LogP contribution in [-0.2, 0) is 10.5 Å². The minimum atomic E-state index is -0.218. The van der Waals surface area contributed by atoms with Gasteiger partial charge in [-0.3, -0.25) is 9.59 Å². The van der Waals surface area contributed by atoms with Crippen LogP contribution in [0.1, 0.15) is 36.5 Å². The molecule has 1 amide bonds. The number of nitrogens with zero attached hydrogens (tertiary/aromatic N) is 2. The lowest BCUT2D eigenvalue weighted by molar-refractivity contribution is -0.120. The zero-order chi connectivity index (χ0) is 22.4. The first kappa shape index (κ1) is 23.3. The van der Waals surface area contributed by atoms with Crippen molar-refractivity contribution in [3.63, 3.8) is 0 Å². The Morgan fingerprint density at radius 3 is 2.74 bits per heavy atom. The molecule has 1 aromatic carbocycles. The van der Waals surface area contributed by atoms with E-state index in [-0.39, 0.29) is 16.7 Å². The number of hydrogen-bond donors (Lipinski definition) is 2. The fraction of sp³-hybridized carbons (Fsp3) is 0.435. The highest BCUT2D eigenvalue weighted by Crippen LogP contribution is 2.26. The summed E-state index contributed by atoms with van der Waals surface area (Å²) in [5.41, 5.74) is 2.10. The van der Waals surface area contributed by atoms with Crippen LogP contribution >= 0.6 is 23.1 Å². The van der Waals surface area contributed by atoms with Crippen molar-refractivity contribution in [1.82, 2.24) is 15.3 Å². The van der Waals surface area contributed by atoms with Crippen molar-refractivity contribution >= 4 is 44.9 Å². The third-order valence-electron chi connectivity index (χ3n) is 5.33. The minimum absolute atomic E-state index is 0.0130. The summed E-state index contributed by atoms with van der Waals surface area (Å²) in [5.74, 6) is 1.12. The summed E-state index contributed by atoms with van der Waals surface area (Å²) in [4.78, 5) is 36.5. The van der Waals surface area contributed by atoms with E-state index in [0.717, 1.165) is 34.8 Å². The van der Waals surface area contributed by atoms with Crippen molar-refractivity contribution in [3.05, 3.63) is 57.0 Å². The van der Waals surface area contributed by atoms with E-state index >= 15 is 0 Å². The average Bonchev–Trinajstić information content (AvgIpc) is 3.06. The van der Waals surface area contributed by atoms with Crippen molar-refractivity contribution in [1.29, 1.82) is 0 Å². The van der Waals surface area contributed by atoms with Crippen LogP contribution in [0.2, 0.25) is 0 Å². The number of fused-ring (bicyclic) bond motifs is 1. The van der Waals surface area contributed by atoms with Crippen molar-refractivity contribution in [2.45, 2.75) is 45.1 Å². The van der Waals surface area contributed by atoms with Crippen LogP contribution in [0.3, 0.4) is 0 Å². The van der Waals surface area contributed by atoms with E-state index in [1.807, 2.05) is 39.0 Å². The van der Waals surface area contributed by atoms with Crippen LogP contribution < -0.4 is 15.8 Å². The highest BCUT2D eigenvalue weighted by atomic mass is 32.2. The summed E-state index contributed by atoms with van der Waals surface area (Å²) < 4.78 is 0. The monoisotopic (exact) mass is 458 g/mol. The van der Waals surface area contributed by atoms with Gasteiger partial charge in [0.25, 0.3) is 5.56 Å². The molecule has 0 saturated heterocycles. The molecule has 0 spiro atoms. The van der Waals surface area contributed by atoms with Gasteiger partial charge in [-0.15, -0.1) is 23.1 Å². The summed E-state index contributed by atoms with van der Waals surface area (Å²) >= 11 is 3.02. The normalized spacial score (nSPS) is 12.1. The Hall–Kier alpha value is -2.32. The first-order valence-electron chi connectivity index (χ1n) is 10.6. The maximum absolute atomic E-state index is 12.4. The maximum atomic E-state index is 12.4. The number of benzene rings is 1. The molecular formula is C23H30N4O2S2. The molecule has 0 aliphatic heterocycles. The molecule has 1 atom stereocenters. The lowest BCUT2D eigenvalue weighted by Crippen LogP contribution is -2.34. The number of carbonyl (C=O) groups excluding carboxylic acids is 1. The number of rotatable bonds is 10. The Labute approximate surface area is 191 Å². The molecular weight excluding hydrogens is 428 g/mol. The smallest absolute Gasteiger partial charge is 0.259 e. The number of carbonyl (C=O) groups is 1. The summed E-state index contributed by atoms with van der Waals surface area (Å²) in [6, 6.07) is 10.3. The second-order valence-electron chi connectivity index (χ2n) is 7.49. The van der Waals surface area contributed by atoms with Crippen molar-refractivity contribution < 1.29 is 4.79 Å². The van der Waals surface area contributed by atoms with Gasteiger partial charge in [-0.05, 0) is 51.8 Å². The van der Waals surface area contributed by atoms with E-state index in [1.165, 1.54) is 17.4 Å². The first-order valence-corrected chi connectivity index (χ1v) is 12.5. The molecule has 8 heteroatoms. The standard InChI is InChI=1S/C23H30N4O2S2/c1-5-27(18-10-7-6-8-11-18)13-9-12-24-21(28)17(4)30-14-19-25-22(29)20-15(2)16(3)31-23(20)26-19/h6-8,10-11,17H,5,9,12-14H2,1-4H3,(H,24,28)(H,25,26,29). The van der Waals surface area contributed by atoms with E-state index < -0.39 is 0 Å². The molecule has 0 aliphatic carbocycles. The van der Waals surface area contributed by atoms with Crippen molar-refractivity contribution in [3.8, 4) is 0 Å². The van der Waals surface area contributed by atoms with E-state index in [2.05, 4.69) is 39.2 Å². The predicted octanol–water partition coefficient (Wildman–Crippen LogP) is 4.26. The third kappa shape index (κ3) is 5.89. The zero-order valence-corrected chi connectivity index (χ0v) is 20.2. The number of hydrogen-bond acceptors (Lipinski definition) is 6. The number of H-pyrrole nitrogens is 1. The number of aromatic amines is 1. The molecule has 3 rings (SSSR count). The Morgan fingerprint density at radius 2 is 2.03 bits per heavy atom. The van der Waals surface area contributed by atoms with Crippen molar-refractivity contribution in [2.75, 3.05) is 24.5 Å². The highest BCUT2D eigenvalue weighted by Gasteiger charge is 2.16. The number of aryl methyl sites for hydroxylation is 2. The molecule has 0 fully saturated rings. The Balaban J connectivity index is 1.45. The van der Waals surface area contributed by atoms with Crippen LogP contribution in [0.5, 0.6) is 0 Å². The number of thioether (sulfide) groups is 1. The molecule has 2 N–H and O–H groups in total. The maximum Gasteiger partial charge on any atom is 0.259 e. The molecule has 1 unspecified atom stereocenters. The molecule has 3 aromatic rings. The van der Waals surface area contributed by atoms with Gasteiger partial charge < -0.3 is 15.2 Å². The van der Waals surface area contributed by atoms with Crippen molar-refractivity contribution in [2.24, 2.45) is 0 Å². The summed E-state index contributed by atoms with van der Waals surface area (Å²) in [5, 5.41) is 3.49. The second kappa shape index (κ2) is 10.8. The van der Waals surface area contributed by atoms with Gasteiger partial charge in [-0.25, -0.2) is 4.98 Å². The van der Waals surface area contributed by atoms with Gasteiger partial charge in [0, 0.05) is 30.2 Å². The molecule has 6 nitrogen and oxygen atoms in total. The first-order chi connectivity index (χ1) is 14.9. The topological polar surface area (TPSA) is 78.1 Å². The van der Waals surface area contributed by atoms with Crippen LogP contribution in [0.25, 0.3) is 10.2 Å². The van der Waals surface area contributed by atoms with E-state index in [9.17, 15) is 9.59 Å². The van der Waals surface area contributed by atoms with Crippen LogP contribution in [0, 0.1) is 13.8 Å². The number of anilines is 1. The molecule has 2 heterocycles. The number of para-hydroxylation sites is 1. The van der Waals surface area contributed by atoms with Crippen LogP contribution in [-0.4, -0.2) is 40.8 Å². The number of amides is 1. The predicted molar refractivity (Wildman–Crippen MR) is 132 cm³/mol. The van der Waals surface area contributed by atoms with Crippen LogP contribution in [0.4, 0.5) is 5.69 Å². The molecule has 2 aromatic heterocycles. The Morgan fingerprint density at radius 1 is 1.29 bits per heavy atom. The number of nitrogens with one attached hydrogen (secondary N) is 2. The molecule has 0 aliphatic rings. The third-order valence-corrected chi connectivity index (χ3v) is 7.59. The Bertz CT molecular complexity index is 1080. The van der Waals surface area contributed by atoms with E-state index in [0.29, 0.717) is 23.5 Å². The second-order valence-corrected chi connectivity index (χ2v) is 10.0. The fourth-order valence-electron chi connectivity index (χ4n) is 3.38. The van der Waals surface area contributed by atoms with Gasteiger partial charge in [-0.2, -0.15) is 0 Å². The lowest BCUT2D eigenvalue weighted by atomic mass is 10.2. The number of aromatic nitrogens is 2. The highest BCUT2D eigenvalue weighted by molar-refractivity contribution is 7.99.